The zero-order valence-electron chi connectivity index (χ0n) is 11.3. The summed E-state index contributed by atoms with van der Waals surface area (Å²) in [7, 11) is 1.60. The summed E-state index contributed by atoms with van der Waals surface area (Å²) < 4.78 is 24.3. The molecule has 1 aromatic rings. The van der Waals surface area contributed by atoms with E-state index in [4.69, 9.17) is 9.47 Å². The molecule has 0 heterocycles. The van der Waals surface area contributed by atoms with Gasteiger partial charge >= 0.3 is 5.69 Å². The predicted molar refractivity (Wildman–Crippen MR) is 71.3 cm³/mol. The lowest BCUT2D eigenvalue weighted by atomic mass is 9.85. The Labute approximate surface area is 116 Å². The molecule has 0 bridgehead atoms. The van der Waals surface area contributed by atoms with Crippen molar-refractivity contribution in [2.75, 3.05) is 19.0 Å². The summed E-state index contributed by atoms with van der Waals surface area (Å²) in [6.45, 7) is 2.53. The van der Waals surface area contributed by atoms with Crippen LogP contribution in [-0.4, -0.2) is 36.9 Å². The summed E-state index contributed by atoms with van der Waals surface area (Å²) in [4.78, 5) is 9.80. The monoisotopic (exact) mass is 284 g/mol. The minimum absolute atomic E-state index is 0.0115. The van der Waals surface area contributed by atoms with E-state index in [9.17, 15) is 14.5 Å². The second-order valence-electron chi connectivity index (χ2n) is 4.60. The molecule has 20 heavy (non-hydrogen) atoms. The highest BCUT2D eigenvalue weighted by molar-refractivity contribution is 5.50. The number of nitrogens with zero attached hydrogens (tertiary/aromatic N) is 1. The molecule has 3 unspecified atom stereocenters. The van der Waals surface area contributed by atoms with Crippen molar-refractivity contribution in [3.8, 4) is 0 Å². The Balaban J connectivity index is 2.01. The molecule has 3 atom stereocenters. The van der Waals surface area contributed by atoms with Crippen LogP contribution < -0.4 is 5.32 Å². The van der Waals surface area contributed by atoms with Gasteiger partial charge in [0.15, 0.2) is 0 Å². The van der Waals surface area contributed by atoms with Crippen molar-refractivity contribution < 1.29 is 18.8 Å². The number of methoxy groups -OCH3 is 1. The molecule has 7 heteroatoms. The van der Waals surface area contributed by atoms with Gasteiger partial charge in [0.1, 0.15) is 6.10 Å². The van der Waals surface area contributed by atoms with E-state index >= 15 is 0 Å². The molecule has 2 rings (SSSR count). The number of hydrogen-bond acceptors (Lipinski definition) is 5. The Morgan fingerprint density at radius 3 is 2.85 bits per heavy atom. The van der Waals surface area contributed by atoms with Crippen LogP contribution in [0.1, 0.15) is 13.3 Å². The van der Waals surface area contributed by atoms with Crippen LogP contribution in [-0.2, 0) is 9.47 Å². The van der Waals surface area contributed by atoms with Crippen LogP contribution in [0.2, 0.25) is 0 Å². The second-order valence-corrected chi connectivity index (χ2v) is 4.60. The molecule has 0 saturated heterocycles. The third-order valence-corrected chi connectivity index (χ3v) is 3.40. The van der Waals surface area contributed by atoms with Gasteiger partial charge in [-0.1, -0.05) is 0 Å². The molecule has 0 aromatic heterocycles. The van der Waals surface area contributed by atoms with Crippen LogP contribution in [0.3, 0.4) is 0 Å². The first kappa shape index (κ1) is 14.7. The quantitative estimate of drug-likeness (QED) is 0.641. The lowest BCUT2D eigenvalue weighted by Gasteiger charge is -2.43. The lowest BCUT2D eigenvalue weighted by molar-refractivity contribution is -0.387. The van der Waals surface area contributed by atoms with Crippen molar-refractivity contribution in [1.29, 1.82) is 0 Å². The van der Waals surface area contributed by atoms with E-state index in [1.165, 1.54) is 6.07 Å². The van der Waals surface area contributed by atoms with Crippen molar-refractivity contribution in [3.63, 3.8) is 0 Å². The van der Waals surface area contributed by atoms with E-state index in [2.05, 4.69) is 5.32 Å². The SMILES string of the molecule is CCOC1CC(Nc2ccc([N+](=O)[O-])c(F)c2)C1OC. The van der Waals surface area contributed by atoms with E-state index < -0.39 is 16.4 Å². The lowest BCUT2D eigenvalue weighted by Crippen LogP contribution is -2.56. The van der Waals surface area contributed by atoms with Gasteiger partial charge in [0, 0.05) is 31.5 Å². The van der Waals surface area contributed by atoms with Crippen LogP contribution in [0.5, 0.6) is 0 Å². The van der Waals surface area contributed by atoms with Crippen molar-refractivity contribution in [3.05, 3.63) is 34.1 Å². The Morgan fingerprint density at radius 2 is 2.30 bits per heavy atom. The molecular weight excluding hydrogens is 267 g/mol. The fraction of sp³-hybridized carbons (Fsp3) is 0.538. The van der Waals surface area contributed by atoms with E-state index in [0.717, 1.165) is 18.6 Å². The standard InChI is InChI=1S/C13H17FN2O4/c1-3-20-12-7-10(13(12)19-2)15-8-4-5-11(16(17)18)9(14)6-8/h4-6,10,12-13,15H,3,7H2,1-2H3. The number of nitro groups is 1. The summed E-state index contributed by atoms with van der Waals surface area (Å²) in [5.41, 5.74) is -0.0326. The van der Waals surface area contributed by atoms with Gasteiger partial charge in [-0.2, -0.15) is 4.39 Å². The molecule has 0 aliphatic heterocycles. The summed E-state index contributed by atoms with van der Waals surface area (Å²) in [6.07, 6.45) is 0.684. The molecule has 0 amide bonds. The maximum Gasteiger partial charge on any atom is 0.304 e. The molecule has 1 aliphatic rings. The zero-order chi connectivity index (χ0) is 14.7. The Hall–Kier alpha value is -1.73. The van der Waals surface area contributed by atoms with Crippen LogP contribution in [0.25, 0.3) is 0 Å². The maximum absolute atomic E-state index is 13.5. The first-order chi connectivity index (χ1) is 9.56. The number of anilines is 1. The molecular formula is C13H17FN2O4. The van der Waals surface area contributed by atoms with Crippen molar-refractivity contribution >= 4 is 11.4 Å². The van der Waals surface area contributed by atoms with Gasteiger partial charge in [-0.25, -0.2) is 0 Å². The van der Waals surface area contributed by atoms with E-state index in [1.807, 2.05) is 6.92 Å². The molecule has 6 nitrogen and oxygen atoms in total. The molecule has 1 aromatic carbocycles. The molecule has 1 fully saturated rings. The number of ether oxygens (including phenoxy) is 2. The van der Waals surface area contributed by atoms with Crippen LogP contribution in [0.15, 0.2) is 18.2 Å². The average molecular weight is 284 g/mol. The number of rotatable bonds is 6. The zero-order valence-corrected chi connectivity index (χ0v) is 11.3. The number of halogens is 1. The molecule has 0 spiro atoms. The smallest absolute Gasteiger partial charge is 0.304 e. The van der Waals surface area contributed by atoms with E-state index in [-0.39, 0.29) is 18.2 Å². The number of nitro benzene ring substituents is 1. The molecule has 1 aliphatic carbocycles. The first-order valence-electron chi connectivity index (χ1n) is 6.41. The number of hydrogen-bond donors (Lipinski definition) is 1. The normalized spacial score (nSPS) is 25.1. The Kier molecular flexibility index (Phi) is 4.51. The van der Waals surface area contributed by atoms with E-state index in [1.54, 1.807) is 7.11 Å². The minimum atomic E-state index is -0.852. The van der Waals surface area contributed by atoms with Crippen molar-refractivity contribution in [2.24, 2.45) is 0 Å². The van der Waals surface area contributed by atoms with Gasteiger partial charge in [0.25, 0.3) is 0 Å². The predicted octanol–water partition coefficient (Wildman–Crippen LogP) is 2.34. The number of benzene rings is 1. The van der Waals surface area contributed by atoms with Crippen molar-refractivity contribution in [1.82, 2.24) is 0 Å². The molecule has 0 radical (unpaired) electrons. The first-order valence-corrected chi connectivity index (χ1v) is 6.41. The summed E-state index contributed by atoms with van der Waals surface area (Å²) in [5.74, 6) is -0.852. The Bertz CT molecular complexity index is 497. The highest BCUT2D eigenvalue weighted by Crippen LogP contribution is 2.31. The van der Waals surface area contributed by atoms with Gasteiger partial charge in [-0.3, -0.25) is 10.1 Å². The van der Waals surface area contributed by atoms with Crippen molar-refractivity contribution in [2.45, 2.75) is 31.6 Å². The summed E-state index contributed by atoms with van der Waals surface area (Å²) >= 11 is 0. The fourth-order valence-corrected chi connectivity index (χ4v) is 2.37. The average Bonchev–Trinajstić information content (AvgIpc) is 2.37. The molecule has 1 saturated carbocycles. The molecule has 1 N–H and O–H groups in total. The summed E-state index contributed by atoms with van der Waals surface area (Å²) in [6, 6.07) is 3.77. The van der Waals surface area contributed by atoms with Gasteiger partial charge in [-0.15, -0.1) is 0 Å². The summed E-state index contributed by atoms with van der Waals surface area (Å²) in [5, 5.41) is 13.7. The largest absolute Gasteiger partial charge is 0.379 e. The van der Waals surface area contributed by atoms with Gasteiger partial charge in [0.2, 0.25) is 5.82 Å². The third kappa shape index (κ3) is 2.88. The molecule has 110 valence electrons. The topological polar surface area (TPSA) is 73.6 Å². The maximum atomic E-state index is 13.5. The van der Waals surface area contributed by atoms with Gasteiger partial charge in [0.05, 0.1) is 17.1 Å². The van der Waals surface area contributed by atoms with Gasteiger partial charge < -0.3 is 14.8 Å². The van der Waals surface area contributed by atoms with Gasteiger partial charge in [-0.05, 0) is 19.4 Å². The fourth-order valence-electron chi connectivity index (χ4n) is 2.37. The number of nitrogens with one attached hydrogen (secondary N) is 1. The highest BCUT2D eigenvalue weighted by Gasteiger charge is 2.42. The Morgan fingerprint density at radius 1 is 1.55 bits per heavy atom. The van der Waals surface area contributed by atoms with Crippen LogP contribution in [0, 0.1) is 15.9 Å². The van der Waals surface area contributed by atoms with Crippen LogP contribution >= 0.6 is 0 Å². The second kappa shape index (κ2) is 6.15. The highest BCUT2D eigenvalue weighted by atomic mass is 19.1. The minimum Gasteiger partial charge on any atom is -0.379 e. The van der Waals surface area contributed by atoms with Crippen LogP contribution in [0.4, 0.5) is 15.8 Å². The van der Waals surface area contributed by atoms with E-state index in [0.29, 0.717) is 12.3 Å². The third-order valence-electron chi connectivity index (χ3n) is 3.40.